The second kappa shape index (κ2) is 8.94. The van der Waals surface area contributed by atoms with Gasteiger partial charge >= 0.3 is 0 Å². The molecule has 9 heteroatoms. The van der Waals surface area contributed by atoms with Gasteiger partial charge in [-0.3, -0.25) is 9.59 Å². The zero-order chi connectivity index (χ0) is 20.2. The van der Waals surface area contributed by atoms with E-state index in [9.17, 15) is 9.59 Å². The van der Waals surface area contributed by atoms with Crippen molar-refractivity contribution in [1.82, 2.24) is 20.2 Å². The Labute approximate surface area is 171 Å². The van der Waals surface area contributed by atoms with Crippen molar-refractivity contribution in [2.24, 2.45) is 5.92 Å². The summed E-state index contributed by atoms with van der Waals surface area (Å²) in [6, 6.07) is 2.03. The zero-order valence-electron chi connectivity index (χ0n) is 17.1. The molecule has 4 heterocycles. The van der Waals surface area contributed by atoms with E-state index < -0.39 is 0 Å². The molecule has 4 rings (SSSR count). The predicted molar refractivity (Wildman–Crippen MR) is 109 cm³/mol. The Balaban J connectivity index is 1.40. The molecule has 2 amide bonds. The van der Waals surface area contributed by atoms with Gasteiger partial charge in [0, 0.05) is 70.9 Å². The van der Waals surface area contributed by atoms with E-state index >= 15 is 0 Å². The Morgan fingerprint density at radius 1 is 1.17 bits per heavy atom. The van der Waals surface area contributed by atoms with E-state index in [0.29, 0.717) is 39.1 Å². The zero-order valence-corrected chi connectivity index (χ0v) is 17.1. The molecule has 3 saturated heterocycles. The lowest BCUT2D eigenvalue weighted by atomic mass is 10.1. The minimum Gasteiger partial charge on any atom is -0.378 e. The van der Waals surface area contributed by atoms with Gasteiger partial charge < -0.3 is 24.8 Å². The summed E-state index contributed by atoms with van der Waals surface area (Å²) in [7, 11) is 1.74. The maximum absolute atomic E-state index is 12.4. The summed E-state index contributed by atoms with van der Waals surface area (Å²) in [5, 5.41) is 2.98. The average Bonchev–Trinajstić information content (AvgIpc) is 3.39. The average molecular weight is 402 g/mol. The van der Waals surface area contributed by atoms with Crippen LogP contribution in [0.15, 0.2) is 6.07 Å². The minimum absolute atomic E-state index is 0.0337. The van der Waals surface area contributed by atoms with Crippen molar-refractivity contribution in [2.75, 3.05) is 69.3 Å². The van der Waals surface area contributed by atoms with Gasteiger partial charge in [0.15, 0.2) is 0 Å². The highest BCUT2D eigenvalue weighted by atomic mass is 16.5. The van der Waals surface area contributed by atoms with Crippen LogP contribution in [0.3, 0.4) is 0 Å². The van der Waals surface area contributed by atoms with Gasteiger partial charge in [0.05, 0.1) is 19.1 Å². The van der Waals surface area contributed by atoms with Crippen molar-refractivity contribution in [3.05, 3.63) is 11.8 Å². The van der Waals surface area contributed by atoms with Gasteiger partial charge in [-0.2, -0.15) is 4.98 Å². The van der Waals surface area contributed by atoms with Gasteiger partial charge in [-0.1, -0.05) is 0 Å². The molecule has 0 radical (unpaired) electrons. The molecule has 3 aliphatic rings. The number of anilines is 2. The topological polar surface area (TPSA) is 90.9 Å². The molecule has 0 aliphatic carbocycles. The van der Waals surface area contributed by atoms with Crippen molar-refractivity contribution >= 4 is 23.6 Å². The molecule has 0 spiro atoms. The van der Waals surface area contributed by atoms with Gasteiger partial charge in [0.1, 0.15) is 5.82 Å². The first-order valence-electron chi connectivity index (χ1n) is 10.6. The monoisotopic (exact) mass is 402 g/mol. The molecule has 9 nitrogen and oxygen atoms in total. The first-order valence-corrected chi connectivity index (χ1v) is 10.6. The number of aromatic nitrogens is 2. The van der Waals surface area contributed by atoms with Crippen LogP contribution < -0.4 is 15.1 Å². The summed E-state index contributed by atoms with van der Waals surface area (Å²) in [6.45, 7) is 6.07. The van der Waals surface area contributed by atoms with Crippen molar-refractivity contribution < 1.29 is 14.3 Å². The highest BCUT2D eigenvalue weighted by Crippen LogP contribution is 2.22. The molecule has 1 aromatic rings. The maximum Gasteiger partial charge on any atom is 0.227 e. The van der Waals surface area contributed by atoms with Crippen molar-refractivity contribution in [2.45, 2.75) is 25.7 Å². The van der Waals surface area contributed by atoms with E-state index in [1.165, 1.54) is 12.8 Å². The Morgan fingerprint density at radius 3 is 2.62 bits per heavy atom. The van der Waals surface area contributed by atoms with Gasteiger partial charge in [0.25, 0.3) is 0 Å². The molecule has 3 fully saturated rings. The van der Waals surface area contributed by atoms with E-state index in [1.807, 2.05) is 6.07 Å². The van der Waals surface area contributed by atoms with Crippen molar-refractivity contribution in [3.63, 3.8) is 0 Å². The van der Waals surface area contributed by atoms with Crippen LogP contribution in [0.1, 0.15) is 25.0 Å². The molecule has 0 aromatic carbocycles. The Bertz CT molecular complexity index is 746. The van der Waals surface area contributed by atoms with Crippen LogP contribution in [0.2, 0.25) is 0 Å². The van der Waals surface area contributed by atoms with Crippen LogP contribution in [0.5, 0.6) is 0 Å². The lowest BCUT2D eigenvalue weighted by Gasteiger charge is -2.29. The number of hydrogen-bond donors (Lipinski definition) is 1. The fraction of sp³-hybridized carbons (Fsp3) is 0.700. The lowest BCUT2D eigenvalue weighted by molar-refractivity contribution is -0.128. The number of carbonyl (C=O) groups is 2. The highest BCUT2D eigenvalue weighted by molar-refractivity contribution is 5.89. The van der Waals surface area contributed by atoms with Gasteiger partial charge in [-0.25, -0.2) is 4.98 Å². The van der Waals surface area contributed by atoms with E-state index in [2.05, 4.69) is 15.1 Å². The summed E-state index contributed by atoms with van der Waals surface area (Å²) in [6.07, 6.45) is 3.29. The number of amides is 2. The number of nitrogens with one attached hydrogen (secondary N) is 1. The molecule has 29 heavy (non-hydrogen) atoms. The Morgan fingerprint density at radius 2 is 1.93 bits per heavy atom. The van der Waals surface area contributed by atoms with Gasteiger partial charge in [-0.05, 0) is 12.8 Å². The first kappa shape index (κ1) is 19.9. The lowest BCUT2D eigenvalue weighted by Crippen LogP contribution is -2.37. The predicted octanol–water partition coefficient (Wildman–Crippen LogP) is 0.0504. The van der Waals surface area contributed by atoms with Crippen LogP contribution in [0, 0.1) is 5.92 Å². The SMILES string of the molecule is CN1C[C@@H](C(=O)NCCc2cc(N3CCOCC3)nc(N3CCCC3)n2)CC1=O. The number of likely N-dealkylation sites (tertiary alicyclic amines) is 1. The molecule has 1 N–H and O–H groups in total. The smallest absolute Gasteiger partial charge is 0.227 e. The summed E-state index contributed by atoms with van der Waals surface area (Å²) in [5.41, 5.74) is 0.934. The molecule has 158 valence electrons. The van der Waals surface area contributed by atoms with Crippen molar-refractivity contribution in [3.8, 4) is 0 Å². The summed E-state index contributed by atoms with van der Waals surface area (Å²) >= 11 is 0. The number of rotatable bonds is 6. The van der Waals surface area contributed by atoms with Crippen LogP contribution in [0.4, 0.5) is 11.8 Å². The Hall–Kier alpha value is -2.42. The van der Waals surface area contributed by atoms with Crippen molar-refractivity contribution in [1.29, 1.82) is 0 Å². The van der Waals surface area contributed by atoms with E-state index in [1.54, 1.807) is 11.9 Å². The first-order chi connectivity index (χ1) is 14.1. The number of nitrogens with zero attached hydrogens (tertiary/aromatic N) is 5. The number of ether oxygens (including phenoxy) is 1. The molecular formula is C20H30N6O3. The van der Waals surface area contributed by atoms with E-state index in [0.717, 1.165) is 43.6 Å². The minimum atomic E-state index is -0.248. The summed E-state index contributed by atoms with van der Waals surface area (Å²) in [5.74, 6) is 1.46. The second-order valence-corrected chi connectivity index (χ2v) is 8.03. The van der Waals surface area contributed by atoms with E-state index in [4.69, 9.17) is 14.7 Å². The molecule has 0 bridgehead atoms. The normalized spacial score (nSPS) is 22.4. The Kier molecular flexibility index (Phi) is 6.13. The second-order valence-electron chi connectivity index (χ2n) is 8.03. The molecule has 1 atom stereocenters. The van der Waals surface area contributed by atoms with E-state index in [-0.39, 0.29) is 17.7 Å². The third-order valence-corrected chi connectivity index (χ3v) is 5.87. The standard InChI is InChI=1S/C20H30N6O3/c1-24-14-15(12-18(24)27)19(28)21-5-4-16-13-17(25-8-10-29-11-9-25)23-20(22-16)26-6-2-3-7-26/h13,15H,2-12,14H2,1H3,(H,21,28)/t15-/m0/s1. The quantitative estimate of drug-likeness (QED) is 0.719. The van der Waals surface area contributed by atoms with Gasteiger partial charge in [0.2, 0.25) is 17.8 Å². The number of hydrogen-bond acceptors (Lipinski definition) is 7. The fourth-order valence-electron chi connectivity index (χ4n) is 4.11. The fourth-order valence-corrected chi connectivity index (χ4v) is 4.11. The van der Waals surface area contributed by atoms with Crippen LogP contribution in [0.25, 0.3) is 0 Å². The van der Waals surface area contributed by atoms with Gasteiger partial charge in [-0.15, -0.1) is 0 Å². The largest absolute Gasteiger partial charge is 0.378 e. The number of morpholine rings is 1. The van der Waals surface area contributed by atoms with Crippen LogP contribution in [-0.2, 0) is 20.7 Å². The molecule has 1 aromatic heterocycles. The highest BCUT2D eigenvalue weighted by Gasteiger charge is 2.31. The third-order valence-electron chi connectivity index (χ3n) is 5.87. The maximum atomic E-state index is 12.4. The summed E-state index contributed by atoms with van der Waals surface area (Å²) < 4.78 is 5.47. The van der Waals surface area contributed by atoms with Crippen LogP contribution >= 0.6 is 0 Å². The number of carbonyl (C=O) groups excluding carboxylic acids is 2. The van der Waals surface area contributed by atoms with Crippen LogP contribution in [-0.4, -0.2) is 86.2 Å². The molecular weight excluding hydrogens is 372 g/mol. The summed E-state index contributed by atoms with van der Waals surface area (Å²) in [4.78, 5) is 39.7. The molecule has 0 unspecified atom stereocenters. The molecule has 0 saturated carbocycles. The third kappa shape index (κ3) is 4.77. The molecule has 3 aliphatic heterocycles.